The van der Waals surface area contributed by atoms with Crippen molar-refractivity contribution in [1.82, 2.24) is 4.90 Å². The number of carbonyl (C=O) groups is 1. The van der Waals surface area contributed by atoms with Crippen LogP contribution >= 0.6 is 0 Å². The van der Waals surface area contributed by atoms with Gasteiger partial charge in [-0.25, -0.2) is 0 Å². The number of rotatable bonds is 5. The van der Waals surface area contributed by atoms with E-state index in [9.17, 15) is 4.79 Å². The Kier molecular flexibility index (Phi) is 5.21. The molecule has 2 rings (SSSR count). The molecule has 0 fully saturated rings. The van der Waals surface area contributed by atoms with Crippen LogP contribution in [-0.4, -0.2) is 32.1 Å². The lowest BCUT2D eigenvalue weighted by Crippen LogP contribution is -2.26. The second kappa shape index (κ2) is 7.32. The van der Waals surface area contributed by atoms with Gasteiger partial charge in [-0.3, -0.25) is 4.79 Å². The molecule has 0 bridgehead atoms. The topological polar surface area (TPSA) is 62.6 Å². The molecule has 0 saturated carbocycles. The van der Waals surface area contributed by atoms with Crippen LogP contribution in [0.15, 0.2) is 42.5 Å². The summed E-state index contributed by atoms with van der Waals surface area (Å²) in [4.78, 5) is 14.2. The first-order valence-corrected chi connectivity index (χ1v) is 7.05. The molecule has 0 saturated heterocycles. The molecule has 0 aliphatic heterocycles. The first-order valence-electron chi connectivity index (χ1n) is 7.05. The smallest absolute Gasteiger partial charge is 0.254 e. The fraction of sp³-hybridized carbons (Fsp3) is 0.222. The third kappa shape index (κ3) is 4.01. The summed E-state index contributed by atoms with van der Waals surface area (Å²) >= 11 is 0. The van der Waals surface area contributed by atoms with E-state index in [1.165, 1.54) is 0 Å². The molecule has 5 heteroatoms. The van der Waals surface area contributed by atoms with Crippen molar-refractivity contribution >= 4 is 5.91 Å². The number of ether oxygens (including phenoxy) is 2. The summed E-state index contributed by atoms with van der Waals surface area (Å²) in [6.07, 6.45) is 0. The molecule has 0 aliphatic rings. The summed E-state index contributed by atoms with van der Waals surface area (Å²) in [6, 6.07) is 14.3. The van der Waals surface area contributed by atoms with Gasteiger partial charge in [-0.15, -0.1) is 0 Å². The second-order valence-electron chi connectivity index (χ2n) is 5.07. The van der Waals surface area contributed by atoms with Crippen molar-refractivity contribution in [3.63, 3.8) is 0 Å². The Balaban J connectivity index is 2.17. The van der Waals surface area contributed by atoms with Gasteiger partial charge in [0, 0.05) is 25.2 Å². The van der Waals surface area contributed by atoms with Crippen LogP contribution in [0, 0.1) is 11.3 Å². The molecule has 0 unspecified atom stereocenters. The maximum Gasteiger partial charge on any atom is 0.254 e. The molecule has 0 atom stereocenters. The summed E-state index contributed by atoms with van der Waals surface area (Å²) in [5, 5.41) is 8.81. The highest BCUT2D eigenvalue weighted by Crippen LogP contribution is 2.23. The van der Waals surface area contributed by atoms with Crippen molar-refractivity contribution in [2.24, 2.45) is 0 Å². The van der Waals surface area contributed by atoms with E-state index in [2.05, 4.69) is 6.07 Å². The summed E-state index contributed by atoms with van der Waals surface area (Å²) in [5.74, 6) is 1.01. The molecule has 0 aromatic heterocycles. The average molecular weight is 310 g/mol. The lowest BCUT2D eigenvalue weighted by molar-refractivity contribution is 0.0784. The Hall–Kier alpha value is -3.00. The third-order valence-electron chi connectivity index (χ3n) is 3.45. The minimum absolute atomic E-state index is 0.133. The van der Waals surface area contributed by atoms with Crippen LogP contribution in [0.25, 0.3) is 0 Å². The highest BCUT2D eigenvalue weighted by Gasteiger charge is 2.14. The summed E-state index contributed by atoms with van der Waals surface area (Å²) in [5.41, 5.74) is 2.05. The molecule has 0 radical (unpaired) electrons. The van der Waals surface area contributed by atoms with E-state index >= 15 is 0 Å². The molecular formula is C18H18N2O3. The zero-order chi connectivity index (χ0) is 16.8. The number of amides is 1. The quantitative estimate of drug-likeness (QED) is 0.852. The summed E-state index contributed by atoms with van der Waals surface area (Å²) in [7, 11) is 4.82. The SMILES string of the molecule is COc1cc(OC)cc(C(=O)N(C)Cc2ccc(C#N)cc2)c1. The van der Waals surface area contributed by atoms with Gasteiger partial charge >= 0.3 is 0 Å². The van der Waals surface area contributed by atoms with E-state index in [-0.39, 0.29) is 5.91 Å². The first kappa shape index (κ1) is 16.4. The summed E-state index contributed by atoms with van der Waals surface area (Å²) in [6.45, 7) is 0.448. The van der Waals surface area contributed by atoms with E-state index in [0.29, 0.717) is 29.2 Å². The molecule has 0 heterocycles. The third-order valence-corrected chi connectivity index (χ3v) is 3.45. The van der Waals surface area contributed by atoms with E-state index in [4.69, 9.17) is 14.7 Å². The van der Waals surface area contributed by atoms with E-state index in [1.807, 2.05) is 12.1 Å². The van der Waals surface area contributed by atoms with Crippen LogP contribution in [0.3, 0.4) is 0 Å². The highest BCUT2D eigenvalue weighted by atomic mass is 16.5. The Bertz CT molecular complexity index is 711. The standard InChI is InChI=1S/C18H18N2O3/c1-20(12-14-6-4-13(11-19)5-7-14)18(21)15-8-16(22-2)10-17(9-15)23-3/h4-10H,12H2,1-3H3. The Morgan fingerprint density at radius 3 is 2.13 bits per heavy atom. The predicted octanol–water partition coefficient (Wildman–Crippen LogP) is 2.85. The van der Waals surface area contributed by atoms with Crippen molar-refractivity contribution in [2.75, 3.05) is 21.3 Å². The van der Waals surface area contributed by atoms with Crippen molar-refractivity contribution in [2.45, 2.75) is 6.54 Å². The largest absolute Gasteiger partial charge is 0.497 e. The molecular weight excluding hydrogens is 292 g/mol. The maximum atomic E-state index is 12.6. The lowest BCUT2D eigenvalue weighted by Gasteiger charge is -2.18. The molecule has 0 spiro atoms. The van der Waals surface area contributed by atoms with E-state index in [1.54, 1.807) is 56.5 Å². The van der Waals surface area contributed by atoms with Crippen LogP contribution in [0.1, 0.15) is 21.5 Å². The number of benzene rings is 2. The number of methoxy groups -OCH3 is 2. The van der Waals surface area contributed by atoms with Crippen molar-refractivity contribution in [3.05, 3.63) is 59.2 Å². The molecule has 2 aromatic rings. The van der Waals surface area contributed by atoms with Crippen LogP contribution < -0.4 is 9.47 Å². The van der Waals surface area contributed by atoms with E-state index in [0.717, 1.165) is 5.56 Å². The molecule has 23 heavy (non-hydrogen) atoms. The van der Waals surface area contributed by atoms with Crippen molar-refractivity contribution in [3.8, 4) is 17.6 Å². The van der Waals surface area contributed by atoms with Gasteiger partial charge < -0.3 is 14.4 Å². The fourth-order valence-electron chi connectivity index (χ4n) is 2.18. The van der Waals surface area contributed by atoms with Gasteiger partial charge in [-0.05, 0) is 29.8 Å². The highest BCUT2D eigenvalue weighted by molar-refractivity contribution is 5.94. The molecule has 1 amide bonds. The van der Waals surface area contributed by atoms with Crippen LogP contribution in [0.5, 0.6) is 11.5 Å². The number of hydrogen-bond acceptors (Lipinski definition) is 4. The molecule has 0 N–H and O–H groups in total. The van der Waals surface area contributed by atoms with E-state index < -0.39 is 0 Å². The zero-order valence-corrected chi connectivity index (χ0v) is 13.4. The van der Waals surface area contributed by atoms with Crippen LogP contribution in [-0.2, 0) is 6.54 Å². The van der Waals surface area contributed by atoms with Gasteiger partial charge in [0.1, 0.15) is 11.5 Å². The molecule has 2 aromatic carbocycles. The second-order valence-corrected chi connectivity index (χ2v) is 5.07. The Morgan fingerprint density at radius 2 is 1.65 bits per heavy atom. The fourth-order valence-corrected chi connectivity index (χ4v) is 2.18. The van der Waals surface area contributed by atoms with Crippen molar-refractivity contribution < 1.29 is 14.3 Å². The molecule has 118 valence electrons. The minimum Gasteiger partial charge on any atom is -0.497 e. The van der Waals surface area contributed by atoms with Gasteiger partial charge in [0.05, 0.1) is 25.9 Å². The van der Waals surface area contributed by atoms with Crippen LogP contribution in [0.2, 0.25) is 0 Å². The van der Waals surface area contributed by atoms with Crippen LogP contribution in [0.4, 0.5) is 0 Å². The lowest BCUT2D eigenvalue weighted by atomic mass is 10.1. The minimum atomic E-state index is -0.133. The van der Waals surface area contributed by atoms with Gasteiger partial charge in [0.2, 0.25) is 0 Å². The average Bonchev–Trinajstić information content (AvgIpc) is 2.61. The summed E-state index contributed by atoms with van der Waals surface area (Å²) < 4.78 is 10.4. The number of nitrogens with zero attached hydrogens (tertiary/aromatic N) is 2. The number of hydrogen-bond donors (Lipinski definition) is 0. The number of nitriles is 1. The first-order chi connectivity index (χ1) is 11.1. The predicted molar refractivity (Wildman–Crippen MR) is 86.5 cm³/mol. The van der Waals surface area contributed by atoms with Gasteiger partial charge in [-0.1, -0.05) is 12.1 Å². The maximum absolute atomic E-state index is 12.6. The van der Waals surface area contributed by atoms with Gasteiger partial charge in [0.15, 0.2) is 0 Å². The Labute approximate surface area is 135 Å². The van der Waals surface area contributed by atoms with Gasteiger partial charge in [0.25, 0.3) is 5.91 Å². The van der Waals surface area contributed by atoms with Crippen molar-refractivity contribution in [1.29, 1.82) is 5.26 Å². The molecule has 0 aliphatic carbocycles. The van der Waals surface area contributed by atoms with Gasteiger partial charge in [-0.2, -0.15) is 5.26 Å². The Morgan fingerprint density at radius 1 is 1.09 bits per heavy atom. The normalized spacial score (nSPS) is 9.83. The monoisotopic (exact) mass is 310 g/mol. The molecule has 5 nitrogen and oxygen atoms in total. The number of carbonyl (C=O) groups excluding carboxylic acids is 1. The zero-order valence-electron chi connectivity index (χ0n) is 13.4.